The number of phenolic OH excluding ortho intramolecular Hbond substituents is 1. The van der Waals surface area contributed by atoms with Gasteiger partial charge in [-0.05, 0) is 34.4 Å². The molecule has 0 bridgehead atoms. The minimum Gasteiger partial charge on any atom is -0.508 e. The number of nitrogens with two attached hydrogens (primary N) is 1. The molecule has 1 amide bonds. The standard InChI is InChI=1S/C31H38ClN3O14/c1-11-26(47-7)28(2,35(44)45)10-15(48-11)49-29(3)12-9-30(42)23(34(4)5)22(38)18(27(33)41)25(40)31(30,43)24(39)16(12)21(37)17-13(36)8-14(46-6)20(32)19(17)29/h8,11-12,15,23,26,36-37,40,42-43H,9-10H2,1-7H3,(H2,33,41). The summed E-state index contributed by atoms with van der Waals surface area (Å²) in [7, 11) is 5.14. The molecule has 1 aromatic rings. The molecule has 0 spiro atoms. The molecule has 1 aliphatic heterocycles. The predicted octanol–water partition coefficient (Wildman–Crippen LogP) is 0.616. The van der Waals surface area contributed by atoms with E-state index in [4.69, 9.17) is 36.3 Å². The van der Waals surface area contributed by atoms with Gasteiger partial charge in [-0.2, -0.15) is 0 Å². The van der Waals surface area contributed by atoms with Gasteiger partial charge in [0.2, 0.25) is 11.4 Å². The molecular formula is C31H38ClN3O14. The fraction of sp³-hybridized carbons (Fsp3) is 0.581. The highest BCUT2D eigenvalue weighted by atomic mass is 35.5. The summed E-state index contributed by atoms with van der Waals surface area (Å²) in [6.45, 7) is 4.21. The Morgan fingerprint density at radius 3 is 2.29 bits per heavy atom. The quantitative estimate of drug-likeness (QED) is 0.129. The average Bonchev–Trinajstić information content (AvgIpc) is 2.98. The molecule has 3 aliphatic carbocycles. The molecule has 2 fully saturated rings. The van der Waals surface area contributed by atoms with Gasteiger partial charge in [0.05, 0.1) is 30.2 Å². The van der Waals surface area contributed by atoms with Crippen molar-refractivity contribution >= 4 is 34.8 Å². The van der Waals surface area contributed by atoms with E-state index < -0.39 is 122 Å². The second-order valence-electron chi connectivity index (χ2n) is 13.4. The molecule has 49 heavy (non-hydrogen) atoms. The number of likely N-dealkylation sites (N-methyl/N-ethyl adjacent to an activating group) is 1. The van der Waals surface area contributed by atoms with Crippen LogP contribution in [0.2, 0.25) is 5.02 Å². The Kier molecular flexibility index (Phi) is 8.64. The van der Waals surface area contributed by atoms with Crippen LogP contribution in [0.15, 0.2) is 23.0 Å². The summed E-state index contributed by atoms with van der Waals surface area (Å²) in [6.07, 6.45) is -4.70. The van der Waals surface area contributed by atoms with Gasteiger partial charge in [0.15, 0.2) is 23.9 Å². The number of primary amides is 1. The summed E-state index contributed by atoms with van der Waals surface area (Å²) in [5.74, 6) is -9.10. The third-order valence-corrected chi connectivity index (χ3v) is 10.8. The second kappa shape index (κ2) is 11.6. The summed E-state index contributed by atoms with van der Waals surface area (Å²) in [5, 5.41) is 70.7. The lowest BCUT2D eigenvalue weighted by atomic mass is 9.52. The minimum absolute atomic E-state index is 0.112. The van der Waals surface area contributed by atoms with Gasteiger partial charge in [0.1, 0.15) is 40.1 Å². The van der Waals surface area contributed by atoms with Crippen molar-refractivity contribution in [1.29, 1.82) is 0 Å². The zero-order valence-electron chi connectivity index (χ0n) is 27.6. The fourth-order valence-electron chi connectivity index (χ4n) is 8.24. The highest BCUT2D eigenvalue weighted by Crippen LogP contribution is 2.62. The van der Waals surface area contributed by atoms with Gasteiger partial charge in [-0.15, -0.1) is 0 Å². The monoisotopic (exact) mass is 711 g/mol. The van der Waals surface area contributed by atoms with E-state index in [1.165, 1.54) is 49.1 Å². The third-order valence-electron chi connectivity index (χ3n) is 10.5. The van der Waals surface area contributed by atoms with Gasteiger partial charge < -0.3 is 50.2 Å². The number of methoxy groups -OCH3 is 2. The Balaban J connectivity index is 1.83. The summed E-state index contributed by atoms with van der Waals surface area (Å²) in [6, 6.07) is -0.845. The van der Waals surface area contributed by atoms with Gasteiger partial charge in [-0.3, -0.25) is 29.4 Å². The highest BCUT2D eigenvalue weighted by molar-refractivity contribution is 6.33. The van der Waals surface area contributed by atoms with Crippen LogP contribution >= 0.6 is 11.6 Å². The number of carbonyl (C=O) groups is 3. The lowest BCUT2D eigenvalue weighted by Crippen LogP contribution is -2.77. The van der Waals surface area contributed by atoms with E-state index in [0.29, 0.717) is 0 Å². The van der Waals surface area contributed by atoms with E-state index in [9.17, 15) is 50.0 Å². The molecule has 4 aliphatic rings. The number of benzene rings is 1. The molecule has 5 rings (SSSR count). The molecule has 268 valence electrons. The van der Waals surface area contributed by atoms with Crippen molar-refractivity contribution < 1.29 is 63.8 Å². The number of hydrogen-bond acceptors (Lipinski definition) is 15. The zero-order valence-corrected chi connectivity index (χ0v) is 28.4. The maximum absolute atomic E-state index is 14.6. The van der Waals surface area contributed by atoms with Gasteiger partial charge in [-0.25, -0.2) is 0 Å². The number of nitrogens with zero attached hydrogens (tertiary/aromatic N) is 2. The number of hydrogen-bond donors (Lipinski definition) is 6. The lowest BCUT2D eigenvalue weighted by molar-refractivity contribution is -0.595. The lowest BCUT2D eigenvalue weighted by Gasteiger charge is -2.58. The Labute approximate surface area is 284 Å². The van der Waals surface area contributed by atoms with Crippen molar-refractivity contribution in [2.75, 3.05) is 28.3 Å². The number of aliphatic hydroxyl groups is 4. The second-order valence-corrected chi connectivity index (χ2v) is 13.8. The number of nitro groups is 1. The Morgan fingerprint density at radius 1 is 1.16 bits per heavy atom. The summed E-state index contributed by atoms with van der Waals surface area (Å²) >= 11 is 6.82. The summed E-state index contributed by atoms with van der Waals surface area (Å²) < 4.78 is 23.3. The van der Waals surface area contributed by atoms with Crippen molar-refractivity contribution in [1.82, 2.24) is 4.90 Å². The van der Waals surface area contributed by atoms with Gasteiger partial charge in [-0.1, -0.05) is 11.6 Å². The van der Waals surface area contributed by atoms with Crippen molar-refractivity contribution in [2.24, 2.45) is 11.7 Å². The van der Waals surface area contributed by atoms with Crippen LogP contribution in [0.1, 0.15) is 44.7 Å². The largest absolute Gasteiger partial charge is 0.508 e. The minimum atomic E-state index is -3.43. The number of rotatable bonds is 7. The molecule has 9 atom stereocenters. The fourth-order valence-corrected chi connectivity index (χ4v) is 8.65. The SMILES string of the molecule is COc1cc(O)c2c(c1Cl)C(C)(OC1CC(C)([N+](=O)[O-])C(OC)C(C)O1)C1CC3(O)C(N(C)C)C(=O)C(C(N)=O)=C(O)C3(O)C(=O)C1=C2O. The molecule has 1 saturated carbocycles. The number of halogens is 1. The van der Waals surface area contributed by atoms with Crippen LogP contribution in [0.4, 0.5) is 0 Å². The number of aliphatic hydroxyl groups excluding tert-OH is 2. The molecule has 0 aromatic heterocycles. The number of Topliss-reactive ketones (excluding diaryl/α,β-unsaturated/α-hetero) is 2. The molecule has 17 nitrogen and oxygen atoms in total. The van der Waals surface area contributed by atoms with E-state index in [1.54, 1.807) is 0 Å². The van der Waals surface area contributed by atoms with Gasteiger partial charge in [0.25, 0.3) is 11.4 Å². The summed E-state index contributed by atoms with van der Waals surface area (Å²) in [4.78, 5) is 53.5. The number of ether oxygens (including phenoxy) is 4. The number of phenols is 1. The van der Waals surface area contributed by atoms with Crippen LogP contribution in [0, 0.1) is 16.0 Å². The Morgan fingerprint density at radius 2 is 1.78 bits per heavy atom. The van der Waals surface area contributed by atoms with Crippen molar-refractivity contribution in [3.8, 4) is 11.5 Å². The van der Waals surface area contributed by atoms with Gasteiger partial charge >= 0.3 is 0 Å². The Hall–Kier alpha value is -3.84. The van der Waals surface area contributed by atoms with Crippen LogP contribution in [0.5, 0.6) is 11.5 Å². The first kappa shape index (κ1) is 36.4. The zero-order chi connectivity index (χ0) is 36.9. The highest BCUT2D eigenvalue weighted by Gasteiger charge is 2.75. The van der Waals surface area contributed by atoms with Crippen LogP contribution in [-0.4, -0.2) is 122 Å². The normalized spacial score (nSPS) is 37.5. The number of amides is 1. The van der Waals surface area contributed by atoms with Crippen LogP contribution in [0.3, 0.4) is 0 Å². The number of fused-ring (bicyclic) bond motifs is 3. The number of carbonyl (C=O) groups excluding carboxylic acids is 3. The van der Waals surface area contributed by atoms with E-state index in [0.717, 1.165) is 11.0 Å². The van der Waals surface area contributed by atoms with E-state index in [1.807, 2.05) is 0 Å². The van der Waals surface area contributed by atoms with Gasteiger partial charge in [0, 0.05) is 42.1 Å². The molecule has 7 N–H and O–H groups in total. The van der Waals surface area contributed by atoms with E-state index >= 15 is 0 Å². The maximum atomic E-state index is 14.6. The molecule has 0 radical (unpaired) electrons. The molecule has 1 aromatic carbocycles. The molecule has 1 heterocycles. The molecule has 18 heteroatoms. The molecule has 1 saturated heterocycles. The first-order valence-corrected chi connectivity index (χ1v) is 15.4. The smallest absolute Gasteiger partial charge is 0.255 e. The van der Waals surface area contributed by atoms with E-state index in [2.05, 4.69) is 0 Å². The average molecular weight is 712 g/mol. The summed E-state index contributed by atoms with van der Waals surface area (Å²) in [5.41, 5.74) is -7.35. The number of ketones is 2. The third kappa shape index (κ3) is 4.63. The predicted molar refractivity (Wildman–Crippen MR) is 167 cm³/mol. The van der Waals surface area contributed by atoms with Crippen LogP contribution in [0.25, 0.3) is 5.76 Å². The molecule has 9 unspecified atom stereocenters. The molecular weight excluding hydrogens is 674 g/mol. The first-order valence-electron chi connectivity index (χ1n) is 15.1. The Bertz CT molecular complexity index is 1750. The van der Waals surface area contributed by atoms with Crippen molar-refractivity contribution in [2.45, 2.75) is 80.5 Å². The van der Waals surface area contributed by atoms with E-state index in [-0.39, 0.29) is 16.3 Å². The topological polar surface area (TPSA) is 262 Å². The van der Waals surface area contributed by atoms with Crippen LogP contribution in [-0.2, 0) is 34.2 Å². The van der Waals surface area contributed by atoms with Crippen molar-refractivity contribution in [3.63, 3.8) is 0 Å². The first-order chi connectivity index (χ1) is 22.6. The van der Waals surface area contributed by atoms with Crippen LogP contribution < -0.4 is 10.5 Å². The maximum Gasteiger partial charge on any atom is 0.255 e. The van der Waals surface area contributed by atoms with Crippen molar-refractivity contribution in [3.05, 3.63) is 49.2 Å². The number of aromatic hydroxyl groups is 1.